The molecule has 1 heteroatoms. The predicted molar refractivity (Wildman–Crippen MR) is 68.6 cm³/mol. The number of benzene rings is 1. The third-order valence-corrected chi connectivity index (χ3v) is 4.58. The molecular weight excluding hydrogens is 194 g/mol. The molecule has 0 radical (unpaired) electrons. The summed E-state index contributed by atoms with van der Waals surface area (Å²) in [6.07, 6.45) is 5.99. The first-order valence-electron chi connectivity index (χ1n) is 6.62. The number of nitrogens with one attached hydrogen (secondary N) is 1. The molecule has 1 aromatic rings. The van der Waals surface area contributed by atoms with Gasteiger partial charge in [0.1, 0.15) is 0 Å². The van der Waals surface area contributed by atoms with Crippen LogP contribution in [0.1, 0.15) is 31.2 Å². The highest BCUT2D eigenvalue weighted by atomic mass is 14.9. The van der Waals surface area contributed by atoms with Gasteiger partial charge in [0.2, 0.25) is 0 Å². The first-order valence-corrected chi connectivity index (χ1v) is 6.62. The van der Waals surface area contributed by atoms with E-state index in [9.17, 15) is 0 Å². The summed E-state index contributed by atoms with van der Waals surface area (Å²) in [5.41, 5.74) is 2.69. The Kier molecular flexibility index (Phi) is 2.62. The molecular formula is C15H21N. The predicted octanol–water partition coefficient (Wildman–Crippen LogP) is 3.84. The molecule has 2 fully saturated rings. The van der Waals surface area contributed by atoms with E-state index in [-0.39, 0.29) is 0 Å². The molecule has 3 unspecified atom stereocenters. The van der Waals surface area contributed by atoms with E-state index >= 15 is 0 Å². The Bertz CT molecular complexity index is 371. The summed E-state index contributed by atoms with van der Waals surface area (Å²) in [6, 6.07) is 8.61. The minimum atomic E-state index is 0.943. The van der Waals surface area contributed by atoms with Crippen molar-refractivity contribution < 1.29 is 0 Å². The SMILES string of the molecule is Cc1ccccc1NCC1CC2CCC1C2. The average molecular weight is 215 g/mol. The molecule has 2 aliphatic rings. The molecule has 86 valence electrons. The molecule has 1 nitrogen and oxygen atoms in total. The van der Waals surface area contributed by atoms with Gasteiger partial charge in [0.15, 0.2) is 0 Å². The second kappa shape index (κ2) is 4.12. The fraction of sp³-hybridized carbons (Fsp3) is 0.600. The highest BCUT2D eigenvalue weighted by Crippen LogP contribution is 2.48. The Morgan fingerprint density at radius 3 is 2.75 bits per heavy atom. The van der Waals surface area contributed by atoms with E-state index in [0.717, 1.165) is 17.8 Å². The van der Waals surface area contributed by atoms with Crippen LogP contribution < -0.4 is 5.32 Å². The van der Waals surface area contributed by atoms with Crippen molar-refractivity contribution in [1.29, 1.82) is 0 Å². The molecule has 0 aliphatic heterocycles. The molecule has 2 saturated carbocycles. The molecule has 0 spiro atoms. The van der Waals surface area contributed by atoms with Crippen molar-refractivity contribution in [3.8, 4) is 0 Å². The van der Waals surface area contributed by atoms with Gasteiger partial charge in [-0.25, -0.2) is 0 Å². The zero-order valence-corrected chi connectivity index (χ0v) is 10.1. The molecule has 2 bridgehead atoms. The molecule has 1 aromatic carbocycles. The Balaban J connectivity index is 1.59. The molecule has 16 heavy (non-hydrogen) atoms. The van der Waals surface area contributed by atoms with Gasteiger partial charge in [0.05, 0.1) is 0 Å². The maximum Gasteiger partial charge on any atom is 0.0369 e. The quantitative estimate of drug-likeness (QED) is 0.807. The summed E-state index contributed by atoms with van der Waals surface area (Å²) in [6.45, 7) is 3.37. The third kappa shape index (κ3) is 1.83. The molecule has 3 rings (SSSR count). The van der Waals surface area contributed by atoms with E-state index in [4.69, 9.17) is 0 Å². The summed E-state index contributed by atoms with van der Waals surface area (Å²) >= 11 is 0. The van der Waals surface area contributed by atoms with Crippen molar-refractivity contribution in [2.75, 3.05) is 11.9 Å². The van der Waals surface area contributed by atoms with Gasteiger partial charge in [0, 0.05) is 12.2 Å². The minimum absolute atomic E-state index is 0.943. The monoisotopic (exact) mass is 215 g/mol. The Morgan fingerprint density at radius 1 is 1.19 bits per heavy atom. The first kappa shape index (κ1) is 10.2. The molecule has 0 amide bonds. The van der Waals surface area contributed by atoms with Crippen LogP contribution in [0.25, 0.3) is 0 Å². The normalized spacial score (nSPS) is 31.9. The molecule has 2 aliphatic carbocycles. The van der Waals surface area contributed by atoms with Crippen LogP contribution in [-0.4, -0.2) is 6.54 Å². The second-order valence-corrected chi connectivity index (χ2v) is 5.63. The van der Waals surface area contributed by atoms with Gasteiger partial charge < -0.3 is 5.32 Å². The number of hydrogen-bond acceptors (Lipinski definition) is 1. The van der Waals surface area contributed by atoms with Crippen molar-refractivity contribution in [1.82, 2.24) is 0 Å². The lowest BCUT2D eigenvalue weighted by molar-refractivity contribution is 0.348. The molecule has 1 N–H and O–H groups in total. The standard InChI is InChI=1S/C15H21N/c1-11-4-2-3-5-15(11)16-10-14-9-12-6-7-13(14)8-12/h2-5,12-14,16H,6-10H2,1H3. The zero-order valence-electron chi connectivity index (χ0n) is 10.1. The fourth-order valence-corrected chi connectivity index (χ4v) is 3.64. The maximum atomic E-state index is 3.64. The van der Waals surface area contributed by atoms with Gasteiger partial charge in [-0.3, -0.25) is 0 Å². The van der Waals surface area contributed by atoms with Crippen LogP contribution in [0.5, 0.6) is 0 Å². The van der Waals surface area contributed by atoms with E-state index < -0.39 is 0 Å². The smallest absolute Gasteiger partial charge is 0.0369 e. The summed E-state index contributed by atoms with van der Waals surface area (Å²) in [7, 11) is 0. The van der Waals surface area contributed by atoms with Gasteiger partial charge >= 0.3 is 0 Å². The van der Waals surface area contributed by atoms with Crippen molar-refractivity contribution >= 4 is 5.69 Å². The van der Waals surface area contributed by atoms with E-state index in [1.807, 2.05) is 0 Å². The van der Waals surface area contributed by atoms with E-state index in [0.29, 0.717) is 0 Å². The molecule has 0 saturated heterocycles. The third-order valence-electron chi connectivity index (χ3n) is 4.58. The Morgan fingerprint density at radius 2 is 2.06 bits per heavy atom. The van der Waals surface area contributed by atoms with Crippen LogP contribution in [0.4, 0.5) is 5.69 Å². The van der Waals surface area contributed by atoms with E-state index in [1.165, 1.54) is 43.5 Å². The fourth-order valence-electron chi connectivity index (χ4n) is 3.64. The number of fused-ring (bicyclic) bond motifs is 2. The topological polar surface area (TPSA) is 12.0 Å². The lowest BCUT2D eigenvalue weighted by atomic mass is 9.89. The Labute approximate surface area is 98.3 Å². The average Bonchev–Trinajstić information content (AvgIpc) is 2.90. The summed E-state index contributed by atoms with van der Waals surface area (Å²) in [5.74, 6) is 3.04. The van der Waals surface area contributed by atoms with Gasteiger partial charge in [-0.15, -0.1) is 0 Å². The van der Waals surface area contributed by atoms with Gasteiger partial charge in [-0.2, -0.15) is 0 Å². The number of aryl methyl sites for hydroxylation is 1. The van der Waals surface area contributed by atoms with Gasteiger partial charge in [-0.1, -0.05) is 24.6 Å². The number of para-hydroxylation sites is 1. The van der Waals surface area contributed by atoms with Crippen molar-refractivity contribution in [2.24, 2.45) is 17.8 Å². The zero-order chi connectivity index (χ0) is 11.0. The molecule has 3 atom stereocenters. The van der Waals surface area contributed by atoms with Crippen LogP contribution in [0.3, 0.4) is 0 Å². The van der Waals surface area contributed by atoms with Crippen LogP contribution in [0.2, 0.25) is 0 Å². The minimum Gasteiger partial charge on any atom is -0.385 e. The first-order chi connectivity index (χ1) is 7.83. The lowest BCUT2D eigenvalue weighted by Crippen LogP contribution is -2.20. The molecule has 0 aromatic heterocycles. The summed E-state index contributed by atoms with van der Waals surface area (Å²) < 4.78 is 0. The number of anilines is 1. The Hall–Kier alpha value is -0.980. The van der Waals surface area contributed by atoms with Crippen molar-refractivity contribution in [3.05, 3.63) is 29.8 Å². The van der Waals surface area contributed by atoms with Crippen molar-refractivity contribution in [2.45, 2.75) is 32.6 Å². The highest BCUT2D eigenvalue weighted by molar-refractivity contribution is 5.50. The second-order valence-electron chi connectivity index (χ2n) is 5.63. The van der Waals surface area contributed by atoms with Crippen LogP contribution in [0.15, 0.2) is 24.3 Å². The van der Waals surface area contributed by atoms with Gasteiger partial charge in [0.25, 0.3) is 0 Å². The van der Waals surface area contributed by atoms with Gasteiger partial charge in [-0.05, 0) is 55.6 Å². The number of rotatable bonds is 3. The van der Waals surface area contributed by atoms with Crippen LogP contribution in [-0.2, 0) is 0 Å². The summed E-state index contributed by atoms with van der Waals surface area (Å²) in [5, 5.41) is 3.64. The lowest BCUT2D eigenvalue weighted by Gasteiger charge is -2.22. The number of hydrogen-bond donors (Lipinski definition) is 1. The largest absolute Gasteiger partial charge is 0.385 e. The maximum absolute atomic E-state index is 3.64. The highest BCUT2D eigenvalue weighted by Gasteiger charge is 2.38. The molecule has 0 heterocycles. The van der Waals surface area contributed by atoms with E-state index in [2.05, 4.69) is 36.5 Å². The van der Waals surface area contributed by atoms with E-state index in [1.54, 1.807) is 0 Å². The van der Waals surface area contributed by atoms with Crippen LogP contribution >= 0.6 is 0 Å². The van der Waals surface area contributed by atoms with Crippen LogP contribution in [0, 0.1) is 24.7 Å². The van der Waals surface area contributed by atoms with Crippen molar-refractivity contribution in [3.63, 3.8) is 0 Å². The summed E-state index contributed by atoms with van der Waals surface area (Å²) in [4.78, 5) is 0.